The van der Waals surface area contributed by atoms with Gasteiger partial charge in [0.05, 0.1) is 22.6 Å². The molecule has 3 aromatic rings. The third-order valence-corrected chi connectivity index (χ3v) is 5.55. The Morgan fingerprint density at radius 2 is 1.92 bits per heavy atom. The van der Waals surface area contributed by atoms with Gasteiger partial charge >= 0.3 is 0 Å². The summed E-state index contributed by atoms with van der Waals surface area (Å²) in [5.74, 6) is 0.0796. The molecular formula is C20H18N4O. The van der Waals surface area contributed by atoms with E-state index in [9.17, 15) is 4.79 Å². The zero-order valence-corrected chi connectivity index (χ0v) is 14.2. The van der Waals surface area contributed by atoms with Gasteiger partial charge in [0.15, 0.2) is 0 Å². The van der Waals surface area contributed by atoms with Gasteiger partial charge in [0, 0.05) is 36.8 Å². The normalized spacial score (nSPS) is 17.2. The Morgan fingerprint density at radius 3 is 2.68 bits per heavy atom. The molecule has 25 heavy (non-hydrogen) atoms. The van der Waals surface area contributed by atoms with Crippen molar-refractivity contribution in [2.45, 2.75) is 25.3 Å². The van der Waals surface area contributed by atoms with Gasteiger partial charge in [-0.3, -0.25) is 14.8 Å². The maximum absolute atomic E-state index is 12.9. The Morgan fingerprint density at radius 1 is 1.12 bits per heavy atom. The van der Waals surface area contributed by atoms with Gasteiger partial charge in [0.1, 0.15) is 5.69 Å². The standard InChI is InChI=1S/C20H18N4O/c1-13-18(22-10-9-21-13)14-5-6-15-17(12-14)24-11-3-4-16(24)19(25)23(2)20(15)7-8-20/h3-6,9-12H,7-8H2,1-2H3. The molecule has 0 saturated heterocycles. The van der Waals surface area contributed by atoms with Crippen LogP contribution in [0, 0.1) is 6.92 Å². The third-order valence-electron chi connectivity index (χ3n) is 5.55. The largest absolute Gasteiger partial charge is 0.331 e. The molecule has 1 spiro atoms. The summed E-state index contributed by atoms with van der Waals surface area (Å²) in [5, 5.41) is 0. The minimum absolute atomic E-state index is 0.0796. The lowest BCUT2D eigenvalue weighted by Crippen LogP contribution is -2.36. The van der Waals surface area contributed by atoms with Gasteiger partial charge in [0.2, 0.25) is 0 Å². The quantitative estimate of drug-likeness (QED) is 0.688. The lowest BCUT2D eigenvalue weighted by molar-refractivity contribution is 0.0705. The molecule has 0 unspecified atom stereocenters. The van der Waals surface area contributed by atoms with E-state index in [2.05, 4.69) is 28.2 Å². The lowest BCUT2D eigenvalue weighted by Gasteiger charge is -2.27. The van der Waals surface area contributed by atoms with E-state index in [1.165, 1.54) is 5.56 Å². The minimum Gasteiger partial charge on any atom is -0.331 e. The van der Waals surface area contributed by atoms with Gasteiger partial charge in [0.25, 0.3) is 5.91 Å². The molecule has 1 saturated carbocycles. The molecule has 1 aromatic carbocycles. The predicted octanol–water partition coefficient (Wildman–Crippen LogP) is 3.32. The molecule has 5 nitrogen and oxygen atoms in total. The van der Waals surface area contributed by atoms with E-state index in [0.717, 1.165) is 35.5 Å². The van der Waals surface area contributed by atoms with Crippen molar-refractivity contribution >= 4 is 5.91 Å². The molecule has 0 N–H and O–H groups in total. The van der Waals surface area contributed by atoms with Crippen LogP contribution in [0.2, 0.25) is 0 Å². The fourth-order valence-electron chi connectivity index (χ4n) is 4.00. The van der Waals surface area contributed by atoms with Gasteiger partial charge in [-0.1, -0.05) is 12.1 Å². The number of benzene rings is 1. The van der Waals surface area contributed by atoms with E-state index in [4.69, 9.17) is 0 Å². The summed E-state index contributed by atoms with van der Waals surface area (Å²) < 4.78 is 2.01. The summed E-state index contributed by atoms with van der Waals surface area (Å²) in [4.78, 5) is 23.7. The number of aryl methyl sites for hydroxylation is 1. The highest BCUT2D eigenvalue weighted by atomic mass is 16.2. The van der Waals surface area contributed by atoms with Crippen LogP contribution in [0.4, 0.5) is 0 Å². The number of aromatic nitrogens is 3. The van der Waals surface area contributed by atoms with E-state index in [-0.39, 0.29) is 11.4 Å². The summed E-state index contributed by atoms with van der Waals surface area (Å²) in [6.07, 6.45) is 7.41. The van der Waals surface area contributed by atoms with Crippen molar-refractivity contribution in [2.24, 2.45) is 0 Å². The van der Waals surface area contributed by atoms with Crippen LogP contribution < -0.4 is 0 Å². The summed E-state index contributed by atoms with van der Waals surface area (Å²) in [6.45, 7) is 1.97. The predicted molar refractivity (Wildman–Crippen MR) is 94.5 cm³/mol. The molecule has 124 valence electrons. The third kappa shape index (κ3) is 1.86. The van der Waals surface area contributed by atoms with Crippen molar-refractivity contribution in [1.82, 2.24) is 19.4 Å². The number of nitrogens with zero attached hydrogens (tertiary/aromatic N) is 4. The van der Waals surface area contributed by atoms with Crippen LogP contribution in [-0.4, -0.2) is 32.4 Å². The Balaban J connectivity index is 1.79. The Hall–Kier alpha value is -2.95. The first-order valence-electron chi connectivity index (χ1n) is 8.50. The molecule has 0 atom stereocenters. The minimum atomic E-state index is -0.165. The molecule has 0 bridgehead atoms. The number of carbonyl (C=O) groups excluding carboxylic acids is 1. The average Bonchev–Trinajstić information content (AvgIpc) is 3.30. The van der Waals surface area contributed by atoms with Crippen LogP contribution in [0.15, 0.2) is 48.9 Å². The average molecular weight is 330 g/mol. The molecular weight excluding hydrogens is 312 g/mol. The Kier molecular flexibility index (Phi) is 2.76. The van der Waals surface area contributed by atoms with Crippen LogP contribution in [0.25, 0.3) is 16.9 Å². The van der Waals surface area contributed by atoms with Crippen molar-refractivity contribution < 1.29 is 4.79 Å². The second-order valence-electron chi connectivity index (χ2n) is 6.88. The maximum atomic E-state index is 12.9. The van der Waals surface area contributed by atoms with Gasteiger partial charge < -0.3 is 9.47 Å². The molecule has 2 aromatic heterocycles. The van der Waals surface area contributed by atoms with E-state index in [0.29, 0.717) is 5.69 Å². The van der Waals surface area contributed by atoms with E-state index >= 15 is 0 Å². The van der Waals surface area contributed by atoms with Gasteiger partial charge in [-0.2, -0.15) is 0 Å². The SMILES string of the molecule is Cc1nccnc1-c1ccc2c(c1)-n1cccc1C(=O)N(C)C21CC1. The number of amides is 1. The van der Waals surface area contributed by atoms with Crippen molar-refractivity contribution in [3.05, 3.63) is 65.9 Å². The zero-order valence-electron chi connectivity index (χ0n) is 14.2. The monoisotopic (exact) mass is 330 g/mol. The lowest BCUT2D eigenvalue weighted by atomic mass is 9.97. The number of fused-ring (bicyclic) bond motifs is 4. The zero-order chi connectivity index (χ0) is 17.2. The van der Waals surface area contributed by atoms with E-state index < -0.39 is 0 Å². The Bertz CT molecular complexity index is 1020. The van der Waals surface area contributed by atoms with Crippen molar-refractivity contribution in [3.8, 4) is 16.9 Å². The topological polar surface area (TPSA) is 51.0 Å². The number of hydrogen-bond donors (Lipinski definition) is 0. The fourth-order valence-corrected chi connectivity index (χ4v) is 4.00. The summed E-state index contributed by atoms with van der Waals surface area (Å²) >= 11 is 0. The van der Waals surface area contributed by atoms with Crippen molar-refractivity contribution in [2.75, 3.05) is 7.05 Å². The second-order valence-corrected chi connectivity index (χ2v) is 6.88. The summed E-state index contributed by atoms with van der Waals surface area (Å²) in [7, 11) is 1.92. The molecule has 5 rings (SSSR count). The van der Waals surface area contributed by atoms with E-state index in [1.807, 2.05) is 41.8 Å². The highest BCUT2D eigenvalue weighted by molar-refractivity contribution is 5.95. The summed E-state index contributed by atoms with van der Waals surface area (Å²) in [6, 6.07) is 10.2. The first-order valence-corrected chi connectivity index (χ1v) is 8.50. The molecule has 1 aliphatic heterocycles. The highest BCUT2D eigenvalue weighted by Crippen LogP contribution is 2.54. The molecule has 1 fully saturated rings. The molecule has 1 aliphatic carbocycles. The van der Waals surface area contributed by atoms with Crippen molar-refractivity contribution in [3.63, 3.8) is 0 Å². The van der Waals surface area contributed by atoms with Gasteiger partial charge in [-0.05, 0) is 38.0 Å². The Labute approximate surface area is 146 Å². The molecule has 0 radical (unpaired) electrons. The smallest absolute Gasteiger partial charge is 0.271 e. The summed E-state index contributed by atoms with van der Waals surface area (Å²) in [5.41, 5.74) is 5.63. The van der Waals surface area contributed by atoms with Crippen molar-refractivity contribution in [1.29, 1.82) is 0 Å². The van der Waals surface area contributed by atoms with E-state index in [1.54, 1.807) is 12.4 Å². The van der Waals surface area contributed by atoms with Crippen LogP contribution in [0.3, 0.4) is 0 Å². The van der Waals surface area contributed by atoms with Crippen LogP contribution >= 0.6 is 0 Å². The highest BCUT2D eigenvalue weighted by Gasteiger charge is 2.53. The number of hydrogen-bond acceptors (Lipinski definition) is 3. The van der Waals surface area contributed by atoms with Gasteiger partial charge in [-0.15, -0.1) is 0 Å². The molecule has 3 heterocycles. The fraction of sp³-hybridized carbons (Fsp3) is 0.250. The van der Waals surface area contributed by atoms with Crippen LogP contribution in [0.1, 0.15) is 34.6 Å². The van der Waals surface area contributed by atoms with Crippen LogP contribution in [0.5, 0.6) is 0 Å². The number of carbonyl (C=O) groups is 1. The molecule has 1 amide bonds. The van der Waals surface area contributed by atoms with Crippen LogP contribution in [-0.2, 0) is 5.54 Å². The second kappa shape index (κ2) is 4.79. The first-order chi connectivity index (χ1) is 12.1. The molecule has 2 aliphatic rings. The molecule has 5 heteroatoms. The number of rotatable bonds is 1. The van der Waals surface area contributed by atoms with Gasteiger partial charge in [-0.25, -0.2) is 0 Å². The first kappa shape index (κ1) is 14.4. The maximum Gasteiger partial charge on any atom is 0.271 e.